The zero-order chi connectivity index (χ0) is 16.8. The largest absolute Gasteiger partial charge is 0.400 e. The van der Waals surface area contributed by atoms with Crippen molar-refractivity contribution in [1.82, 2.24) is 0 Å². The van der Waals surface area contributed by atoms with Gasteiger partial charge in [-0.3, -0.25) is 0 Å². The van der Waals surface area contributed by atoms with Crippen LogP contribution in [-0.4, -0.2) is 79.3 Å². The molecule has 0 spiro atoms. The Bertz CT molecular complexity index is 202. The summed E-state index contributed by atoms with van der Waals surface area (Å²) in [5.41, 5.74) is 0. The molecule has 0 aliphatic rings. The second kappa shape index (κ2) is 15.2. The maximum absolute atomic E-state index is 5.44. The average molecular weight is 387 g/mol. The van der Waals surface area contributed by atoms with Gasteiger partial charge in [0, 0.05) is 51.5 Å². The molecule has 0 amide bonds. The number of rotatable bonds is 15. The van der Waals surface area contributed by atoms with Gasteiger partial charge in [0.15, 0.2) is 0 Å². The second-order valence-corrected chi connectivity index (χ2v) is 15.9. The van der Waals surface area contributed by atoms with E-state index < -0.39 is 36.6 Å². The summed E-state index contributed by atoms with van der Waals surface area (Å²) in [5, 5.41) is 0. The standard InChI is InChI=1S/C12H34O6Si4/c1-13-20(14-2)10-7-19(8-11-21(15-3)16-4)9-12-22(17-5)18-6/h19-22H,7-12H2,1-6H3. The van der Waals surface area contributed by atoms with Crippen molar-refractivity contribution < 1.29 is 26.6 Å². The van der Waals surface area contributed by atoms with E-state index in [0.29, 0.717) is 0 Å². The van der Waals surface area contributed by atoms with Crippen LogP contribution in [0.1, 0.15) is 0 Å². The van der Waals surface area contributed by atoms with Crippen molar-refractivity contribution in [3.05, 3.63) is 0 Å². The summed E-state index contributed by atoms with van der Waals surface area (Å²) in [6, 6.07) is 7.10. The van der Waals surface area contributed by atoms with Crippen LogP contribution >= 0.6 is 0 Å². The highest BCUT2D eigenvalue weighted by Crippen LogP contribution is 2.19. The minimum absolute atomic E-state index is 0.862. The predicted octanol–water partition coefficient (Wildman–Crippen LogP) is 0.753. The Labute approximate surface area is 142 Å². The van der Waals surface area contributed by atoms with Gasteiger partial charge >= 0.3 is 27.9 Å². The quantitative estimate of drug-likeness (QED) is 0.387. The first-order chi connectivity index (χ1) is 10.6. The molecule has 0 saturated heterocycles. The molecule has 6 nitrogen and oxygen atoms in total. The smallest absolute Gasteiger partial charge is 0.320 e. The van der Waals surface area contributed by atoms with Gasteiger partial charge in [0.25, 0.3) is 0 Å². The van der Waals surface area contributed by atoms with Gasteiger partial charge in [-0.05, 0) is 18.1 Å². The van der Waals surface area contributed by atoms with Crippen LogP contribution in [0.5, 0.6) is 0 Å². The minimum Gasteiger partial charge on any atom is -0.400 e. The average Bonchev–Trinajstić information content (AvgIpc) is 2.56. The minimum atomic E-state index is -1.44. The molecule has 0 fully saturated rings. The van der Waals surface area contributed by atoms with Crippen LogP contribution in [0.25, 0.3) is 0 Å². The van der Waals surface area contributed by atoms with Crippen LogP contribution in [0.3, 0.4) is 0 Å². The van der Waals surface area contributed by atoms with Crippen molar-refractivity contribution >= 4 is 36.6 Å². The van der Waals surface area contributed by atoms with Crippen LogP contribution in [0.4, 0.5) is 0 Å². The third-order valence-corrected chi connectivity index (χ3v) is 15.0. The van der Waals surface area contributed by atoms with Crippen LogP contribution in [0, 0.1) is 0 Å². The zero-order valence-electron chi connectivity index (χ0n) is 15.0. The van der Waals surface area contributed by atoms with Crippen LogP contribution in [0.2, 0.25) is 36.3 Å². The summed E-state index contributed by atoms with van der Waals surface area (Å²) in [6.45, 7) is 0. The van der Waals surface area contributed by atoms with Crippen molar-refractivity contribution in [2.24, 2.45) is 0 Å². The maximum Gasteiger partial charge on any atom is 0.320 e. The monoisotopic (exact) mass is 386 g/mol. The predicted molar refractivity (Wildman–Crippen MR) is 99.5 cm³/mol. The molecule has 0 atom stereocenters. The molecular weight excluding hydrogens is 352 g/mol. The van der Waals surface area contributed by atoms with Gasteiger partial charge in [0.2, 0.25) is 0 Å². The summed E-state index contributed by atoms with van der Waals surface area (Å²) in [5.74, 6) is 0. The third-order valence-electron chi connectivity index (χ3n) is 4.01. The highest BCUT2D eigenvalue weighted by Gasteiger charge is 2.21. The lowest BCUT2D eigenvalue weighted by Crippen LogP contribution is -2.27. The Hall–Kier alpha value is 0.628. The van der Waals surface area contributed by atoms with Crippen molar-refractivity contribution in [3.8, 4) is 0 Å². The van der Waals surface area contributed by atoms with Crippen LogP contribution < -0.4 is 0 Å². The maximum atomic E-state index is 5.44. The fraction of sp³-hybridized carbons (Fsp3) is 1.00. The van der Waals surface area contributed by atoms with Crippen molar-refractivity contribution in [1.29, 1.82) is 0 Å². The Morgan fingerprint density at radius 3 is 0.818 bits per heavy atom. The Kier molecular flexibility index (Phi) is 15.6. The zero-order valence-corrected chi connectivity index (χ0v) is 19.6. The molecule has 22 heavy (non-hydrogen) atoms. The lowest BCUT2D eigenvalue weighted by atomic mass is 10.9. The SMILES string of the molecule is CO[SiH](CC[SiH](CC[SiH](OC)OC)CC[SiH](OC)OC)OC. The van der Waals surface area contributed by atoms with Crippen molar-refractivity contribution in [2.45, 2.75) is 36.3 Å². The summed E-state index contributed by atoms with van der Waals surface area (Å²) in [4.78, 5) is 0. The molecule has 0 aliphatic carbocycles. The topological polar surface area (TPSA) is 55.4 Å². The Morgan fingerprint density at radius 2 is 0.636 bits per heavy atom. The molecule has 0 aliphatic heterocycles. The first kappa shape index (κ1) is 22.6. The van der Waals surface area contributed by atoms with E-state index in [-0.39, 0.29) is 0 Å². The molecule has 0 aromatic carbocycles. The van der Waals surface area contributed by atoms with Crippen LogP contribution in [0.15, 0.2) is 0 Å². The summed E-state index contributed by atoms with van der Waals surface area (Å²) in [6.07, 6.45) is 0. The van der Waals surface area contributed by atoms with E-state index in [1.165, 1.54) is 18.1 Å². The molecule has 0 aromatic rings. The molecular formula is C12H34O6Si4. The van der Waals surface area contributed by atoms with Crippen LogP contribution in [-0.2, 0) is 26.6 Å². The molecule has 0 radical (unpaired) electrons. The highest BCUT2D eigenvalue weighted by molar-refractivity contribution is 6.64. The van der Waals surface area contributed by atoms with E-state index in [2.05, 4.69) is 0 Å². The Morgan fingerprint density at radius 1 is 0.409 bits per heavy atom. The summed E-state index contributed by atoms with van der Waals surface area (Å²) < 4.78 is 32.7. The van der Waals surface area contributed by atoms with Gasteiger partial charge in [0.1, 0.15) is 0 Å². The molecule has 134 valence electrons. The first-order valence-corrected chi connectivity index (χ1v) is 15.5. The molecule has 0 rings (SSSR count). The van der Waals surface area contributed by atoms with E-state index in [0.717, 1.165) is 18.1 Å². The highest BCUT2D eigenvalue weighted by atomic mass is 28.3. The van der Waals surface area contributed by atoms with Gasteiger partial charge in [-0.2, -0.15) is 0 Å². The molecule has 0 saturated carbocycles. The van der Waals surface area contributed by atoms with E-state index in [4.69, 9.17) is 26.6 Å². The first-order valence-electron chi connectivity index (χ1n) is 7.81. The summed E-state index contributed by atoms with van der Waals surface area (Å²) in [7, 11) is 5.36. The van der Waals surface area contributed by atoms with E-state index >= 15 is 0 Å². The van der Waals surface area contributed by atoms with E-state index in [1.807, 2.05) is 0 Å². The fourth-order valence-electron chi connectivity index (χ4n) is 2.54. The Balaban J connectivity index is 4.34. The normalized spacial score (nSPS) is 12.3. The number of hydrogen-bond donors (Lipinski definition) is 0. The molecule has 0 bridgehead atoms. The molecule has 0 N–H and O–H groups in total. The lowest BCUT2D eigenvalue weighted by Gasteiger charge is -2.20. The fourth-order valence-corrected chi connectivity index (χ4v) is 14.3. The van der Waals surface area contributed by atoms with E-state index in [9.17, 15) is 0 Å². The molecule has 0 heterocycles. The van der Waals surface area contributed by atoms with Gasteiger partial charge in [-0.15, -0.1) is 0 Å². The lowest BCUT2D eigenvalue weighted by molar-refractivity contribution is 0.278. The number of hydrogen-bond acceptors (Lipinski definition) is 6. The van der Waals surface area contributed by atoms with Gasteiger partial charge in [-0.1, -0.05) is 18.1 Å². The van der Waals surface area contributed by atoms with Gasteiger partial charge < -0.3 is 26.6 Å². The van der Waals surface area contributed by atoms with Gasteiger partial charge in [-0.25, -0.2) is 0 Å². The second-order valence-electron chi connectivity index (χ2n) is 5.30. The molecule has 0 aromatic heterocycles. The molecule has 0 unspecified atom stereocenters. The van der Waals surface area contributed by atoms with E-state index in [1.54, 1.807) is 42.7 Å². The van der Waals surface area contributed by atoms with Crippen molar-refractivity contribution in [2.75, 3.05) is 42.7 Å². The third kappa shape index (κ3) is 10.4. The summed E-state index contributed by atoms with van der Waals surface area (Å²) >= 11 is 0. The van der Waals surface area contributed by atoms with Gasteiger partial charge in [0.05, 0.1) is 0 Å². The molecule has 10 heteroatoms. The van der Waals surface area contributed by atoms with Crippen molar-refractivity contribution in [3.63, 3.8) is 0 Å².